The van der Waals surface area contributed by atoms with Gasteiger partial charge < -0.3 is 9.64 Å². The smallest absolute Gasteiger partial charge is 0.203 e. The SMILES string of the molecule is CCc1c(C)c(F)c(F)c(OCCN(C)C)c1F. The third kappa shape index (κ3) is 2.96. The van der Waals surface area contributed by atoms with Crippen molar-refractivity contribution in [3.05, 3.63) is 28.6 Å². The highest BCUT2D eigenvalue weighted by Gasteiger charge is 2.22. The zero-order valence-corrected chi connectivity index (χ0v) is 11.1. The minimum Gasteiger partial charge on any atom is -0.486 e. The Labute approximate surface area is 105 Å². The molecule has 5 heteroatoms. The number of ether oxygens (including phenoxy) is 1. The van der Waals surface area contributed by atoms with Crippen LogP contribution in [-0.2, 0) is 6.42 Å². The van der Waals surface area contributed by atoms with Crippen LogP contribution < -0.4 is 4.74 Å². The van der Waals surface area contributed by atoms with Crippen LogP contribution in [0.5, 0.6) is 5.75 Å². The fourth-order valence-electron chi connectivity index (χ4n) is 1.67. The molecule has 0 heterocycles. The van der Waals surface area contributed by atoms with Crippen molar-refractivity contribution in [3.8, 4) is 5.75 Å². The molecule has 0 unspecified atom stereocenters. The van der Waals surface area contributed by atoms with Crippen LogP contribution in [0.3, 0.4) is 0 Å². The largest absolute Gasteiger partial charge is 0.486 e. The molecule has 0 amide bonds. The number of halogens is 3. The topological polar surface area (TPSA) is 12.5 Å². The van der Waals surface area contributed by atoms with Gasteiger partial charge in [0.1, 0.15) is 6.61 Å². The maximum absolute atomic E-state index is 14.0. The predicted molar refractivity (Wildman–Crippen MR) is 64.5 cm³/mol. The molecule has 0 aliphatic heterocycles. The molecule has 18 heavy (non-hydrogen) atoms. The van der Waals surface area contributed by atoms with Gasteiger partial charge in [-0.15, -0.1) is 0 Å². The molecular formula is C13H18F3NO. The second kappa shape index (κ2) is 6.09. The van der Waals surface area contributed by atoms with Crippen molar-refractivity contribution in [1.29, 1.82) is 0 Å². The first kappa shape index (κ1) is 14.8. The van der Waals surface area contributed by atoms with E-state index in [9.17, 15) is 13.2 Å². The van der Waals surface area contributed by atoms with E-state index >= 15 is 0 Å². The quantitative estimate of drug-likeness (QED) is 0.756. The number of hydrogen-bond acceptors (Lipinski definition) is 2. The summed E-state index contributed by atoms with van der Waals surface area (Å²) in [5.41, 5.74) is 0.168. The molecule has 0 radical (unpaired) electrons. The lowest BCUT2D eigenvalue weighted by Gasteiger charge is -2.15. The number of nitrogens with zero attached hydrogens (tertiary/aromatic N) is 1. The maximum Gasteiger partial charge on any atom is 0.203 e. The van der Waals surface area contributed by atoms with Crippen molar-refractivity contribution >= 4 is 0 Å². The van der Waals surface area contributed by atoms with Crippen LogP contribution in [0.15, 0.2) is 0 Å². The summed E-state index contributed by atoms with van der Waals surface area (Å²) < 4.78 is 46.2. The van der Waals surface area contributed by atoms with Gasteiger partial charge in [0, 0.05) is 6.54 Å². The first-order chi connectivity index (χ1) is 8.40. The highest BCUT2D eigenvalue weighted by molar-refractivity contribution is 5.39. The van der Waals surface area contributed by atoms with E-state index in [-0.39, 0.29) is 17.7 Å². The molecule has 1 rings (SSSR count). The Kier molecular flexibility index (Phi) is 5.02. The predicted octanol–water partition coefficient (Wildman–Crippen LogP) is 2.92. The van der Waals surface area contributed by atoms with Gasteiger partial charge in [-0.1, -0.05) is 6.92 Å². The van der Waals surface area contributed by atoms with Crippen molar-refractivity contribution in [3.63, 3.8) is 0 Å². The molecule has 0 bridgehead atoms. The highest BCUT2D eigenvalue weighted by Crippen LogP contribution is 2.30. The maximum atomic E-state index is 14.0. The van der Waals surface area contributed by atoms with Gasteiger partial charge in [0.15, 0.2) is 17.4 Å². The summed E-state index contributed by atoms with van der Waals surface area (Å²) in [6.07, 6.45) is 0.291. The summed E-state index contributed by atoms with van der Waals surface area (Å²) in [7, 11) is 3.62. The van der Waals surface area contributed by atoms with Crippen LogP contribution in [0.25, 0.3) is 0 Å². The molecule has 102 valence electrons. The van der Waals surface area contributed by atoms with Gasteiger partial charge in [0.2, 0.25) is 5.82 Å². The summed E-state index contributed by atoms with van der Waals surface area (Å²) in [4.78, 5) is 1.81. The lowest BCUT2D eigenvalue weighted by atomic mass is 10.0. The second-order valence-corrected chi connectivity index (χ2v) is 4.38. The van der Waals surface area contributed by atoms with Crippen LogP contribution in [0.2, 0.25) is 0 Å². The molecule has 0 aliphatic carbocycles. The lowest BCUT2D eigenvalue weighted by Crippen LogP contribution is -2.20. The van der Waals surface area contributed by atoms with Crippen LogP contribution in [0.4, 0.5) is 13.2 Å². The average molecular weight is 261 g/mol. The fraction of sp³-hybridized carbons (Fsp3) is 0.538. The third-order valence-corrected chi connectivity index (χ3v) is 2.78. The molecule has 1 aromatic rings. The van der Waals surface area contributed by atoms with E-state index in [1.54, 1.807) is 11.8 Å². The van der Waals surface area contributed by atoms with E-state index < -0.39 is 23.2 Å². The van der Waals surface area contributed by atoms with E-state index in [2.05, 4.69) is 0 Å². The van der Waals surface area contributed by atoms with Gasteiger partial charge in [0.05, 0.1) is 0 Å². The molecule has 2 nitrogen and oxygen atoms in total. The normalized spacial score (nSPS) is 11.1. The Hall–Kier alpha value is -1.23. The average Bonchev–Trinajstić information content (AvgIpc) is 2.31. The van der Waals surface area contributed by atoms with Crippen molar-refractivity contribution < 1.29 is 17.9 Å². The summed E-state index contributed by atoms with van der Waals surface area (Å²) in [6, 6.07) is 0. The number of likely N-dealkylation sites (N-methyl/N-ethyl adjacent to an activating group) is 1. The highest BCUT2D eigenvalue weighted by atomic mass is 19.2. The molecule has 0 atom stereocenters. The first-order valence-electron chi connectivity index (χ1n) is 5.83. The van der Waals surface area contributed by atoms with Crippen molar-refractivity contribution in [1.82, 2.24) is 4.90 Å². The Morgan fingerprint density at radius 2 is 1.67 bits per heavy atom. The summed E-state index contributed by atoms with van der Waals surface area (Å²) in [5.74, 6) is -3.70. The van der Waals surface area contributed by atoms with Crippen LogP contribution in [0.1, 0.15) is 18.1 Å². The Morgan fingerprint density at radius 3 is 2.17 bits per heavy atom. The minimum absolute atomic E-state index is 0.00691. The van der Waals surface area contributed by atoms with Crippen LogP contribution in [0, 0.1) is 24.4 Å². The van der Waals surface area contributed by atoms with E-state index in [0.717, 1.165) is 0 Å². The lowest BCUT2D eigenvalue weighted by molar-refractivity contribution is 0.238. The van der Waals surface area contributed by atoms with Crippen LogP contribution >= 0.6 is 0 Å². The van der Waals surface area contributed by atoms with Gasteiger partial charge in [-0.05, 0) is 38.6 Å². The summed E-state index contributed by atoms with van der Waals surface area (Å²) >= 11 is 0. The van der Waals surface area contributed by atoms with Crippen LogP contribution in [-0.4, -0.2) is 32.1 Å². The fourth-order valence-corrected chi connectivity index (χ4v) is 1.67. The molecule has 0 fully saturated rings. The van der Waals surface area contributed by atoms with Gasteiger partial charge in [0.25, 0.3) is 0 Å². The van der Waals surface area contributed by atoms with Crippen molar-refractivity contribution in [2.75, 3.05) is 27.2 Å². The Balaban J connectivity index is 3.07. The molecule has 0 spiro atoms. The van der Waals surface area contributed by atoms with Gasteiger partial charge in [-0.2, -0.15) is 4.39 Å². The number of rotatable bonds is 5. The van der Waals surface area contributed by atoms with E-state index in [4.69, 9.17) is 4.74 Å². The van der Waals surface area contributed by atoms with Crippen molar-refractivity contribution in [2.24, 2.45) is 0 Å². The summed E-state index contributed by atoms with van der Waals surface area (Å²) in [6.45, 7) is 3.65. The second-order valence-electron chi connectivity index (χ2n) is 4.38. The molecule has 1 aromatic carbocycles. The zero-order chi connectivity index (χ0) is 13.9. The molecule has 0 aliphatic rings. The summed E-state index contributed by atoms with van der Waals surface area (Å²) in [5, 5.41) is 0. The van der Waals surface area contributed by atoms with Crippen molar-refractivity contribution in [2.45, 2.75) is 20.3 Å². The van der Waals surface area contributed by atoms with Gasteiger partial charge >= 0.3 is 0 Å². The third-order valence-electron chi connectivity index (χ3n) is 2.78. The number of benzene rings is 1. The standard InChI is InChI=1S/C13H18F3NO/c1-5-9-8(2)10(14)12(16)13(11(9)15)18-7-6-17(3)4/h5-7H2,1-4H3. The van der Waals surface area contributed by atoms with Gasteiger partial charge in [-0.3, -0.25) is 0 Å². The van der Waals surface area contributed by atoms with Gasteiger partial charge in [-0.25, -0.2) is 8.78 Å². The Morgan fingerprint density at radius 1 is 1.06 bits per heavy atom. The number of hydrogen-bond donors (Lipinski definition) is 0. The first-order valence-corrected chi connectivity index (χ1v) is 5.83. The Bertz CT molecular complexity index is 433. The van der Waals surface area contributed by atoms with E-state index in [1.807, 2.05) is 14.1 Å². The monoisotopic (exact) mass is 261 g/mol. The molecule has 0 saturated carbocycles. The molecular weight excluding hydrogens is 243 g/mol. The van der Waals surface area contributed by atoms with E-state index in [1.165, 1.54) is 6.92 Å². The minimum atomic E-state index is -1.25. The molecule has 0 saturated heterocycles. The van der Waals surface area contributed by atoms with E-state index in [0.29, 0.717) is 13.0 Å². The molecule has 0 N–H and O–H groups in total. The zero-order valence-electron chi connectivity index (χ0n) is 11.1. The molecule has 0 aromatic heterocycles.